The summed E-state index contributed by atoms with van der Waals surface area (Å²) in [6.07, 6.45) is 1.98. The van der Waals surface area contributed by atoms with E-state index in [9.17, 15) is 4.79 Å². The van der Waals surface area contributed by atoms with E-state index in [0.29, 0.717) is 16.9 Å². The third kappa shape index (κ3) is 2.33. The molecule has 88 valence electrons. The molecule has 0 aliphatic heterocycles. The smallest absolute Gasteiger partial charge is 0.169 e. The van der Waals surface area contributed by atoms with Crippen LogP contribution in [-0.2, 0) is 13.5 Å². The van der Waals surface area contributed by atoms with Crippen LogP contribution in [-0.4, -0.2) is 20.8 Å². The lowest BCUT2D eigenvalue weighted by molar-refractivity contribution is 0.0991. The first-order chi connectivity index (χ1) is 8.08. The van der Waals surface area contributed by atoms with Crippen LogP contribution in [0.25, 0.3) is 0 Å². The van der Waals surface area contributed by atoms with Crippen LogP contribution in [0, 0.1) is 6.92 Å². The largest absolute Gasteiger partial charge is 0.398 e. The molecule has 0 bridgehead atoms. The normalized spacial score (nSPS) is 10.5. The van der Waals surface area contributed by atoms with Gasteiger partial charge in [-0.2, -0.15) is 0 Å². The summed E-state index contributed by atoms with van der Waals surface area (Å²) in [5.74, 6) is 0.00954. The molecule has 2 aromatic rings. The lowest BCUT2D eigenvalue weighted by Gasteiger charge is -2.05. The number of carbonyl (C=O) groups is 1. The molecule has 2 rings (SSSR count). The number of aromatic nitrogens is 3. The molecule has 0 amide bonds. The molecule has 0 unspecified atom stereocenters. The van der Waals surface area contributed by atoms with Gasteiger partial charge in [-0.25, -0.2) is 0 Å². The molecule has 0 saturated heterocycles. The number of nitrogens with zero attached hydrogens (tertiary/aromatic N) is 3. The van der Waals surface area contributed by atoms with E-state index in [1.807, 2.05) is 6.92 Å². The molecule has 1 heterocycles. The van der Waals surface area contributed by atoms with E-state index in [-0.39, 0.29) is 12.2 Å². The Labute approximate surface area is 99.2 Å². The number of ketones is 1. The zero-order valence-electron chi connectivity index (χ0n) is 9.84. The van der Waals surface area contributed by atoms with Gasteiger partial charge in [0.1, 0.15) is 0 Å². The Morgan fingerprint density at radius 1 is 1.47 bits per heavy atom. The molecule has 0 saturated carbocycles. The van der Waals surface area contributed by atoms with Crippen molar-refractivity contribution >= 4 is 11.5 Å². The predicted molar refractivity (Wildman–Crippen MR) is 64.6 cm³/mol. The maximum absolute atomic E-state index is 12.1. The highest BCUT2D eigenvalue weighted by Gasteiger charge is 2.12. The molecular formula is C12H14N4O. The predicted octanol–water partition coefficient (Wildman–Crippen LogP) is 1.13. The van der Waals surface area contributed by atoms with Gasteiger partial charge in [0.2, 0.25) is 0 Å². The molecule has 0 aliphatic rings. The minimum Gasteiger partial charge on any atom is -0.398 e. The van der Waals surface area contributed by atoms with Crippen molar-refractivity contribution in [2.24, 2.45) is 7.05 Å². The molecular weight excluding hydrogens is 216 g/mol. The minimum atomic E-state index is 0.00954. The van der Waals surface area contributed by atoms with Crippen LogP contribution < -0.4 is 5.73 Å². The molecule has 0 atom stereocenters. The molecule has 0 fully saturated rings. The summed E-state index contributed by atoms with van der Waals surface area (Å²) >= 11 is 0. The van der Waals surface area contributed by atoms with E-state index >= 15 is 0 Å². The third-order valence-corrected chi connectivity index (χ3v) is 2.67. The topological polar surface area (TPSA) is 73.8 Å². The molecule has 0 radical (unpaired) electrons. The van der Waals surface area contributed by atoms with Gasteiger partial charge in [-0.05, 0) is 18.6 Å². The van der Waals surface area contributed by atoms with E-state index < -0.39 is 0 Å². The zero-order valence-corrected chi connectivity index (χ0v) is 9.84. The summed E-state index contributed by atoms with van der Waals surface area (Å²) in [7, 11) is 1.77. The highest BCUT2D eigenvalue weighted by molar-refractivity contribution is 5.99. The number of hydrogen-bond donors (Lipinski definition) is 1. The van der Waals surface area contributed by atoms with Crippen LogP contribution in [0.15, 0.2) is 24.4 Å². The van der Waals surface area contributed by atoms with Crippen molar-refractivity contribution in [2.45, 2.75) is 13.3 Å². The third-order valence-electron chi connectivity index (χ3n) is 2.67. The number of aryl methyl sites for hydroxylation is 1. The van der Waals surface area contributed by atoms with E-state index in [1.165, 1.54) is 0 Å². The summed E-state index contributed by atoms with van der Waals surface area (Å²) < 4.78 is 1.58. The molecule has 0 aliphatic carbocycles. The Morgan fingerprint density at radius 3 is 2.88 bits per heavy atom. The second-order valence-electron chi connectivity index (χ2n) is 4.00. The van der Waals surface area contributed by atoms with E-state index in [0.717, 1.165) is 5.56 Å². The average molecular weight is 230 g/mol. The molecule has 5 heteroatoms. The number of hydrogen-bond acceptors (Lipinski definition) is 4. The van der Waals surface area contributed by atoms with Crippen molar-refractivity contribution in [3.05, 3.63) is 41.2 Å². The van der Waals surface area contributed by atoms with Crippen molar-refractivity contribution in [1.29, 1.82) is 0 Å². The zero-order chi connectivity index (χ0) is 12.4. The summed E-state index contributed by atoms with van der Waals surface area (Å²) in [5.41, 5.74) is 8.54. The van der Waals surface area contributed by atoms with Crippen LogP contribution in [0.1, 0.15) is 21.6 Å². The average Bonchev–Trinajstić information content (AvgIpc) is 2.68. The summed E-state index contributed by atoms with van der Waals surface area (Å²) in [6, 6.07) is 5.35. The SMILES string of the molecule is Cc1c(N)cccc1C(=O)Cc1cn(C)nn1. The quantitative estimate of drug-likeness (QED) is 0.633. The maximum atomic E-state index is 12.1. The van der Waals surface area contributed by atoms with Gasteiger partial charge >= 0.3 is 0 Å². The van der Waals surface area contributed by atoms with Gasteiger partial charge in [0.15, 0.2) is 5.78 Å². The van der Waals surface area contributed by atoms with Crippen molar-refractivity contribution < 1.29 is 4.79 Å². The number of Topliss-reactive ketones (excluding diaryl/α,β-unsaturated/α-hetero) is 1. The van der Waals surface area contributed by atoms with Gasteiger partial charge in [-0.15, -0.1) is 5.10 Å². The van der Waals surface area contributed by atoms with Crippen LogP contribution in [0.3, 0.4) is 0 Å². The molecule has 0 spiro atoms. The second kappa shape index (κ2) is 4.37. The fourth-order valence-electron chi connectivity index (χ4n) is 1.69. The first kappa shape index (κ1) is 11.3. The maximum Gasteiger partial charge on any atom is 0.169 e. The van der Waals surface area contributed by atoms with Crippen molar-refractivity contribution in [2.75, 3.05) is 5.73 Å². The first-order valence-electron chi connectivity index (χ1n) is 5.31. The monoisotopic (exact) mass is 230 g/mol. The molecule has 5 nitrogen and oxygen atoms in total. The second-order valence-corrected chi connectivity index (χ2v) is 4.00. The van der Waals surface area contributed by atoms with Crippen molar-refractivity contribution in [3.63, 3.8) is 0 Å². The Kier molecular flexibility index (Phi) is 2.91. The van der Waals surface area contributed by atoms with Gasteiger partial charge in [0.25, 0.3) is 0 Å². The molecule has 1 aromatic carbocycles. The van der Waals surface area contributed by atoms with E-state index in [1.54, 1.807) is 36.1 Å². The Morgan fingerprint density at radius 2 is 2.24 bits per heavy atom. The number of nitrogens with two attached hydrogens (primary N) is 1. The van der Waals surface area contributed by atoms with E-state index in [4.69, 9.17) is 5.73 Å². The Hall–Kier alpha value is -2.17. The summed E-state index contributed by atoms with van der Waals surface area (Å²) in [6.45, 7) is 1.85. The minimum absolute atomic E-state index is 0.00954. The summed E-state index contributed by atoms with van der Waals surface area (Å²) in [4.78, 5) is 12.1. The summed E-state index contributed by atoms with van der Waals surface area (Å²) in [5, 5.41) is 7.69. The standard InChI is InChI=1S/C12H14N4O/c1-8-10(4-3-5-11(8)13)12(17)6-9-7-16(2)15-14-9/h3-5,7H,6,13H2,1-2H3. The fourth-order valence-corrected chi connectivity index (χ4v) is 1.69. The van der Waals surface area contributed by atoms with Crippen molar-refractivity contribution in [3.8, 4) is 0 Å². The molecule has 1 aromatic heterocycles. The van der Waals surface area contributed by atoms with Crippen molar-refractivity contribution in [1.82, 2.24) is 15.0 Å². The van der Waals surface area contributed by atoms with Gasteiger partial charge in [0, 0.05) is 24.5 Å². The van der Waals surface area contributed by atoms with Crippen LogP contribution in [0.5, 0.6) is 0 Å². The fraction of sp³-hybridized carbons (Fsp3) is 0.250. The number of benzene rings is 1. The first-order valence-corrected chi connectivity index (χ1v) is 5.31. The van der Waals surface area contributed by atoms with Crippen LogP contribution >= 0.6 is 0 Å². The van der Waals surface area contributed by atoms with Gasteiger partial charge in [0.05, 0.1) is 12.1 Å². The Bertz CT molecular complexity index is 559. The molecule has 2 N–H and O–H groups in total. The van der Waals surface area contributed by atoms with Gasteiger partial charge < -0.3 is 5.73 Å². The molecule has 17 heavy (non-hydrogen) atoms. The number of nitrogen functional groups attached to an aromatic ring is 1. The van der Waals surface area contributed by atoms with Crippen LogP contribution in [0.2, 0.25) is 0 Å². The van der Waals surface area contributed by atoms with E-state index in [2.05, 4.69) is 10.3 Å². The highest BCUT2D eigenvalue weighted by atomic mass is 16.1. The highest BCUT2D eigenvalue weighted by Crippen LogP contribution is 2.17. The number of rotatable bonds is 3. The number of anilines is 1. The van der Waals surface area contributed by atoms with Crippen LogP contribution in [0.4, 0.5) is 5.69 Å². The Balaban J connectivity index is 2.23. The van der Waals surface area contributed by atoms with Gasteiger partial charge in [-0.1, -0.05) is 17.3 Å². The number of carbonyl (C=O) groups excluding carboxylic acids is 1. The lowest BCUT2D eigenvalue weighted by Crippen LogP contribution is -2.07. The lowest BCUT2D eigenvalue weighted by atomic mass is 10.0. The van der Waals surface area contributed by atoms with Gasteiger partial charge in [-0.3, -0.25) is 9.48 Å².